The molecular weight excluding hydrogens is 404 g/mol. The molecule has 5 rings (SSSR count). The Morgan fingerprint density at radius 3 is 1.39 bits per heavy atom. The minimum absolute atomic E-state index is 0.332. The highest BCUT2D eigenvalue weighted by atomic mass is 16.4. The minimum atomic E-state index is -0.702. The predicted octanol–water partition coefficient (Wildman–Crippen LogP) is 7.82. The summed E-state index contributed by atoms with van der Waals surface area (Å²) in [5.74, 6) is -1.03. The number of carboxylic acid groups (broad SMARTS) is 1. The van der Waals surface area contributed by atoms with Crippen LogP contribution >= 0.6 is 0 Å². The van der Waals surface area contributed by atoms with Gasteiger partial charge in [0.1, 0.15) is 0 Å². The van der Waals surface area contributed by atoms with Crippen LogP contribution in [0.1, 0.15) is 30.4 Å². The second-order valence-corrected chi connectivity index (χ2v) is 8.62. The number of hydrogen-bond donors (Lipinski definition) is 1. The highest BCUT2D eigenvalue weighted by Gasteiger charge is 2.27. The quantitative estimate of drug-likeness (QED) is 0.350. The van der Waals surface area contributed by atoms with Crippen LogP contribution < -0.4 is 0 Å². The number of benzene rings is 4. The lowest BCUT2D eigenvalue weighted by molar-refractivity contribution is -0.141. The molecule has 2 heteroatoms. The Labute approximate surface area is 194 Å². The molecule has 4 aromatic rings. The number of rotatable bonds is 5. The van der Waals surface area contributed by atoms with Crippen molar-refractivity contribution in [2.24, 2.45) is 5.92 Å². The van der Waals surface area contributed by atoms with E-state index in [0.717, 1.165) is 17.6 Å². The van der Waals surface area contributed by atoms with Gasteiger partial charge in [-0.3, -0.25) is 4.79 Å². The lowest BCUT2D eigenvalue weighted by Gasteiger charge is -2.26. The van der Waals surface area contributed by atoms with Crippen LogP contribution in [0, 0.1) is 5.92 Å². The molecule has 0 amide bonds. The van der Waals surface area contributed by atoms with E-state index in [4.69, 9.17) is 0 Å². The van der Waals surface area contributed by atoms with Crippen molar-refractivity contribution in [1.29, 1.82) is 0 Å². The number of hydrogen-bond acceptors (Lipinski definition) is 1. The first-order valence-corrected chi connectivity index (χ1v) is 11.5. The zero-order chi connectivity index (χ0) is 22.6. The Bertz CT molecular complexity index is 1270. The monoisotopic (exact) mass is 430 g/mol. The highest BCUT2D eigenvalue weighted by Crippen LogP contribution is 2.41. The zero-order valence-electron chi connectivity index (χ0n) is 18.4. The summed E-state index contributed by atoms with van der Waals surface area (Å²) >= 11 is 0. The summed E-state index contributed by atoms with van der Waals surface area (Å²) in [6.07, 6.45) is 2.02. The molecule has 1 aliphatic carbocycles. The van der Waals surface area contributed by atoms with E-state index in [0.29, 0.717) is 12.8 Å². The molecule has 0 saturated carbocycles. The Morgan fingerprint density at radius 1 is 0.545 bits per heavy atom. The summed E-state index contributed by atoms with van der Waals surface area (Å²) in [7, 11) is 0. The topological polar surface area (TPSA) is 37.3 Å². The van der Waals surface area contributed by atoms with Crippen molar-refractivity contribution in [3.63, 3.8) is 0 Å². The standard InChI is InChI=1S/C31H26O2/c32-31(33)28-19-20-29(26-15-11-24(12-16-26)22-7-3-1-4-8-22)30(21-28)27-17-13-25(14-18-27)23-9-5-2-6-10-23/h1-18,28H,19-21H2,(H,32,33). The fourth-order valence-electron chi connectivity index (χ4n) is 4.75. The smallest absolute Gasteiger partial charge is 0.306 e. The summed E-state index contributed by atoms with van der Waals surface area (Å²) in [5.41, 5.74) is 9.45. The van der Waals surface area contributed by atoms with Crippen molar-refractivity contribution in [2.75, 3.05) is 0 Å². The summed E-state index contributed by atoms with van der Waals surface area (Å²) in [4.78, 5) is 11.8. The first-order valence-electron chi connectivity index (χ1n) is 11.5. The first-order chi connectivity index (χ1) is 16.2. The summed E-state index contributed by atoms with van der Waals surface area (Å²) < 4.78 is 0. The third-order valence-electron chi connectivity index (χ3n) is 6.59. The molecule has 162 valence electrons. The lowest BCUT2D eigenvalue weighted by atomic mass is 9.78. The van der Waals surface area contributed by atoms with Gasteiger partial charge in [0.15, 0.2) is 0 Å². The van der Waals surface area contributed by atoms with E-state index in [-0.39, 0.29) is 5.92 Å². The van der Waals surface area contributed by atoms with Gasteiger partial charge in [-0.15, -0.1) is 0 Å². The lowest BCUT2D eigenvalue weighted by Crippen LogP contribution is -2.18. The molecular formula is C31H26O2. The van der Waals surface area contributed by atoms with Crippen LogP contribution in [0.4, 0.5) is 0 Å². The van der Waals surface area contributed by atoms with E-state index in [1.807, 2.05) is 24.3 Å². The molecule has 0 spiro atoms. The third-order valence-corrected chi connectivity index (χ3v) is 6.59. The summed E-state index contributed by atoms with van der Waals surface area (Å²) in [6, 6.07) is 37.9. The zero-order valence-corrected chi connectivity index (χ0v) is 18.4. The molecule has 0 heterocycles. The van der Waals surface area contributed by atoms with Crippen LogP contribution in [0.3, 0.4) is 0 Å². The van der Waals surface area contributed by atoms with Gasteiger partial charge in [0.2, 0.25) is 0 Å². The van der Waals surface area contributed by atoms with Gasteiger partial charge in [-0.25, -0.2) is 0 Å². The number of aliphatic carboxylic acids is 1. The molecule has 1 unspecified atom stereocenters. The Balaban J connectivity index is 1.52. The van der Waals surface area contributed by atoms with Gasteiger partial charge < -0.3 is 5.11 Å². The predicted molar refractivity (Wildman–Crippen MR) is 136 cm³/mol. The molecule has 0 bridgehead atoms. The molecule has 2 nitrogen and oxygen atoms in total. The fraction of sp³-hybridized carbons (Fsp3) is 0.129. The number of carbonyl (C=O) groups is 1. The first kappa shape index (κ1) is 21.0. The SMILES string of the molecule is O=C(O)C1CCC(c2ccc(-c3ccccc3)cc2)=C(c2ccc(-c3ccccc3)cc2)C1. The van der Waals surface area contributed by atoms with Crippen LogP contribution in [-0.2, 0) is 4.79 Å². The van der Waals surface area contributed by atoms with E-state index >= 15 is 0 Å². The molecule has 0 fully saturated rings. The number of allylic oxidation sites excluding steroid dienone is 2. The summed E-state index contributed by atoms with van der Waals surface area (Å²) in [5, 5.41) is 9.69. The second kappa shape index (κ2) is 9.30. The van der Waals surface area contributed by atoms with E-state index in [2.05, 4.69) is 84.9 Å². The van der Waals surface area contributed by atoms with Gasteiger partial charge in [0.05, 0.1) is 5.92 Å². The maximum atomic E-state index is 11.8. The van der Waals surface area contributed by atoms with Crippen molar-refractivity contribution in [2.45, 2.75) is 19.3 Å². The molecule has 0 radical (unpaired) electrons. The van der Waals surface area contributed by atoms with Crippen molar-refractivity contribution < 1.29 is 9.90 Å². The van der Waals surface area contributed by atoms with Crippen molar-refractivity contribution >= 4 is 17.1 Å². The van der Waals surface area contributed by atoms with Crippen molar-refractivity contribution in [3.8, 4) is 22.3 Å². The van der Waals surface area contributed by atoms with Gasteiger partial charge in [-0.05, 0) is 63.8 Å². The summed E-state index contributed by atoms with van der Waals surface area (Å²) in [6.45, 7) is 0. The Hall–Kier alpha value is -3.91. The van der Waals surface area contributed by atoms with Crippen LogP contribution in [0.25, 0.3) is 33.4 Å². The Kier molecular flexibility index (Phi) is 5.91. The van der Waals surface area contributed by atoms with Gasteiger partial charge in [0, 0.05) is 0 Å². The third kappa shape index (κ3) is 4.51. The van der Waals surface area contributed by atoms with Crippen LogP contribution in [0.15, 0.2) is 109 Å². The maximum Gasteiger partial charge on any atom is 0.306 e. The number of carboxylic acids is 1. The Morgan fingerprint density at radius 2 is 0.939 bits per heavy atom. The molecule has 0 aliphatic heterocycles. The molecule has 0 saturated heterocycles. The molecule has 4 aromatic carbocycles. The van der Waals surface area contributed by atoms with Gasteiger partial charge in [-0.2, -0.15) is 0 Å². The van der Waals surface area contributed by atoms with Gasteiger partial charge >= 0.3 is 5.97 Å². The molecule has 33 heavy (non-hydrogen) atoms. The van der Waals surface area contributed by atoms with E-state index < -0.39 is 5.97 Å². The van der Waals surface area contributed by atoms with Crippen molar-refractivity contribution in [3.05, 3.63) is 120 Å². The van der Waals surface area contributed by atoms with Crippen LogP contribution in [0.5, 0.6) is 0 Å². The minimum Gasteiger partial charge on any atom is -0.481 e. The van der Waals surface area contributed by atoms with E-state index in [1.165, 1.54) is 33.4 Å². The van der Waals surface area contributed by atoms with Crippen molar-refractivity contribution in [1.82, 2.24) is 0 Å². The molecule has 1 N–H and O–H groups in total. The molecule has 1 atom stereocenters. The van der Waals surface area contributed by atoms with E-state index in [9.17, 15) is 9.90 Å². The van der Waals surface area contributed by atoms with E-state index in [1.54, 1.807) is 0 Å². The van der Waals surface area contributed by atoms with Gasteiger partial charge in [0.25, 0.3) is 0 Å². The molecule has 1 aliphatic rings. The van der Waals surface area contributed by atoms with Gasteiger partial charge in [-0.1, -0.05) is 109 Å². The normalized spacial score (nSPS) is 15.9. The molecule has 0 aromatic heterocycles. The largest absolute Gasteiger partial charge is 0.481 e. The van der Waals surface area contributed by atoms with Crippen LogP contribution in [-0.4, -0.2) is 11.1 Å². The highest BCUT2D eigenvalue weighted by molar-refractivity contribution is 5.94. The second-order valence-electron chi connectivity index (χ2n) is 8.62. The average Bonchev–Trinajstić information content (AvgIpc) is 2.89. The maximum absolute atomic E-state index is 11.8. The van der Waals surface area contributed by atoms with Crippen LogP contribution in [0.2, 0.25) is 0 Å². The fourth-order valence-corrected chi connectivity index (χ4v) is 4.75. The average molecular weight is 431 g/mol.